The fourth-order valence-corrected chi connectivity index (χ4v) is 5.27. The van der Waals surface area contributed by atoms with Crippen LogP contribution in [0.5, 0.6) is 0 Å². The van der Waals surface area contributed by atoms with E-state index in [4.69, 9.17) is 20.7 Å². The van der Waals surface area contributed by atoms with Gasteiger partial charge in [-0.05, 0) is 57.1 Å². The Morgan fingerprint density at radius 1 is 0.912 bits per heavy atom. The van der Waals surface area contributed by atoms with E-state index in [2.05, 4.69) is 50.8 Å². The smallest absolute Gasteiger partial charge is 0.227 e. The van der Waals surface area contributed by atoms with Gasteiger partial charge in [-0.2, -0.15) is 9.97 Å². The van der Waals surface area contributed by atoms with Crippen LogP contribution in [-0.4, -0.2) is 51.2 Å². The summed E-state index contributed by atoms with van der Waals surface area (Å²) in [7, 11) is 0. The number of nitrogens with zero attached hydrogens (tertiary/aromatic N) is 4. The Morgan fingerprint density at radius 2 is 1.71 bits per heavy atom. The van der Waals surface area contributed by atoms with E-state index >= 15 is 0 Å². The third-order valence-corrected chi connectivity index (χ3v) is 7.27. The van der Waals surface area contributed by atoms with Crippen molar-refractivity contribution in [1.29, 1.82) is 0 Å². The van der Waals surface area contributed by atoms with Crippen molar-refractivity contribution in [3.8, 4) is 0 Å². The lowest BCUT2D eigenvalue weighted by Crippen LogP contribution is -2.33. The predicted molar refractivity (Wildman–Crippen MR) is 138 cm³/mol. The van der Waals surface area contributed by atoms with Gasteiger partial charge in [0.2, 0.25) is 5.95 Å². The van der Waals surface area contributed by atoms with Crippen molar-refractivity contribution >= 4 is 22.9 Å². The Kier molecular flexibility index (Phi) is 7.56. The molecule has 0 atom stereocenters. The third kappa shape index (κ3) is 5.67. The van der Waals surface area contributed by atoms with Gasteiger partial charge >= 0.3 is 0 Å². The second-order valence-electron chi connectivity index (χ2n) is 9.83. The molecule has 0 radical (unpaired) electrons. The first-order valence-electron chi connectivity index (χ1n) is 13.0. The molecule has 2 saturated carbocycles. The molecule has 5 rings (SSSR count). The van der Waals surface area contributed by atoms with E-state index in [0.29, 0.717) is 24.1 Å². The van der Waals surface area contributed by atoms with Gasteiger partial charge in [0.1, 0.15) is 0 Å². The Hall–Kier alpha value is -2.71. The number of hydrogen-bond donors (Lipinski definition) is 4. The van der Waals surface area contributed by atoms with Crippen LogP contribution in [0.1, 0.15) is 63.0 Å². The highest BCUT2D eigenvalue weighted by atomic mass is 15.2. The molecule has 0 spiro atoms. The SMILES string of the molecule is NC1CCC(Nc2nc(NCCNCCc3ccccc3)c3ncn(C4CCCC4)c3n2)CC1. The summed E-state index contributed by atoms with van der Waals surface area (Å²) in [5.74, 6) is 1.52. The van der Waals surface area contributed by atoms with Gasteiger partial charge in [-0.1, -0.05) is 43.2 Å². The summed E-state index contributed by atoms with van der Waals surface area (Å²) in [5.41, 5.74) is 9.27. The molecule has 0 amide bonds. The van der Waals surface area contributed by atoms with Crippen LogP contribution >= 0.6 is 0 Å². The van der Waals surface area contributed by atoms with Crippen LogP contribution in [0.4, 0.5) is 11.8 Å². The molecule has 5 N–H and O–H groups in total. The fourth-order valence-electron chi connectivity index (χ4n) is 5.27. The zero-order chi connectivity index (χ0) is 23.2. The summed E-state index contributed by atoms with van der Waals surface area (Å²) < 4.78 is 2.27. The summed E-state index contributed by atoms with van der Waals surface area (Å²) in [6, 6.07) is 11.8. The van der Waals surface area contributed by atoms with Crippen molar-refractivity contribution in [2.24, 2.45) is 5.73 Å². The number of fused-ring (bicyclic) bond motifs is 1. The molecule has 1 aromatic carbocycles. The summed E-state index contributed by atoms with van der Waals surface area (Å²) in [6.07, 6.45) is 12.2. The Labute approximate surface area is 202 Å². The molecular weight excluding hydrogens is 424 g/mol. The van der Waals surface area contributed by atoms with Crippen LogP contribution in [0.3, 0.4) is 0 Å². The second-order valence-corrected chi connectivity index (χ2v) is 9.83. The summed E-state index contributed by atoms with van der Waals surface area (Å²) in [5, 5.41) is 10.6. The average molecular weight is 463 g/mol. The molecule has 2 fully saturated rings. The summed E-state index contributed by atoms with van der Waals surface area (Å²) >= 11 is 0. The predicted octanol–water partition coefficient (Wildman–Crippen LogP) is 3.87. The van der Waals surface area contributed by atoms with Gasteiger partial charge in [0.15, 0.2) is 17.0 Å². The van der Waals surface area contributed by atoms with Crippen molar-refractivity contribution in [2.75, 3.05) is 30.3 Å². The molecule has 8 nitrogen and oxygen atoms in total. The van der Waals surface area contributed by atoms with Crippen molar-refractivity contribution in [2.45, 2.75) is 75.9 Å². The molecule has 0 saturated heterocycles. The Balaban J connectivity index is 1.25. The van der Waals surface area contributed by atoms with E-state index < -0.39 is 0 Å². The van der Waals surface area contributed by atoms with Crippen molar-refractivity contribution in [1.82, 2.24) is 24.8 Å². The van der Waals surface area contributed by atoms with Crippen LogP contribution in [0.2, 0.25) is 0 Å². The van der Waals surface area contributed by atoms with E-state index in [-0.39, 0.29) is 0 Å². The molecule has 0 unspecified atom stereocenters. The molecule has 2 aliphatic rings. The molecular formula is C26H38N8. The Bertz CT molecular complexity index is 1040. The first-order chi connectivity index (χ1) is 16.8. The highest BCUT2D eigenvalue weighted by Crippen LogP contribution is 2.33. The molecule has 3 aromatic rings. The maximum Gasteiger partial charge on any atom is 0.227 e. The fraction of sp³-hybridized carbons (Fsp3) is 0.577. The number of imidazole rings is 1. The summed E-state index contributed by atoms with van der Waals surface area (Å²) in [6.45, 7) is 2.61. The first kappa shape index (κ1) is 23.1. The molecule has 2 aromatic heterocycles. The lowest BCUT2D eigenvalue weighted by Gasteiger charge is -2.27. The van der Waals surface area contributed by atoms with E-state index in [1.54, 1.807) is 0 Å². The van der Waals surface area contributed by atoms with Crippen LogP contribution in [-0.2, 0) is 6.42 Å². The van der Waals surface area contributed by atoms with Crippen LogP contribution in [0, 0.1) is 0 Å². The highest BCUT2D eigenvalue weighted by Gasteiger charge is 2.23. The molecule has 0 bridgehead atoms. The minimum Gasteiger partial charge on any atom is -0.367 e. The molecule has 0 aliphatic heterocycles. The van der Waals surface area contributed by atoms with Gasteiger partial charge in [-0.15, -0.1) is 0 Å². The maximum absolute atomic E-state index is 6.10. The number of nitrogens with one attached hydrogen (secondary N) is 3. The lowest BCUT2D eigenvalue weighted by atomic mass is 9.92. The normalized spacial score (nSPS) is 21.2. The maximum atomic E-state index is 6.10. The van der Waals surface area contributed by atoms with E-state index in [1.165, 1.54) is 31.2 Å². The number of nitrogens with two attached hydrogens (primary N) is 1. The van der Waals surface area contributed by atoms with E-state index in [9.17, 15) is 0 Å². The standard InChI is InChI=1S/C26H38N8/c27-20-10-12-21(13-11-20)31-26-32-24(29-17-16-28-15-14-19-6-2-1-3-7-19)23-25(33-26)34(18-30-23)22-8-4-5-9-22/h1-3,6-7,18,20-22,28H,4-5,8-17,27H2,(H2,29,31,32,33). The molecule has 182 valence electrons. The lowest BCUT2D eigenvalue weighted by molar-refractivity contribution is 0.410. The Morgan fingerprint density at radius 3 is 2.50 bits per heavy atom. The van der Waals surface area contributed by atoms with E-state index in [0.717, 1.165) is 68.7 Å². The number of anilines is 2. The van der Waals surface area contributed by atoms with Gasteiger partial charge in [0, 0.05) is 31.2 Å². The minimum absolute atomic E-state index is 0.330. The average Bonchev–Trinajstić information content (AvgIpc) is 3.53. The topological polar surface area (TPSA) is 106 Å². The van der Waals surface area contributed by atoms with Crippen LogP contribution < -0.4 is 21.7 Å². The van der Waals surface area contributed by atoms with Gasteiger partial charge in [0.25, 0.3) is 0 Å². The quantitative estimate of drug-likeness (QED) is 0.339. The van der Waals surface area contributed by atoms with Gasteiger partial charge < -0.3 is 26.3 Å². The zero-order valence-corrected chi connectivity index (χ0v) is 20.0. The van der Waals surface area contributed by atoms with E-state index in [1.807, 2.05) is 6.33 Å². The van der Waals surface area contributed by atoms with Crippen molar-refractivity contribution in [3.63, 3.8) is 0 Å². The molecule has 2 aliphatic carbocycles. The first-order valence-corrected chi connectivity index (χ1v) is 13.0. The van der Waals surface area contributed by atoms with Crippen molar-refractivity contribution < 1.29 is 0 Å². The molecule has 2 heterocycles. The van der Waals surface area contributed by atoms with Crippen LogP contribution in [0.15, 0.2) is 36.7 Å². The monoisotopic (exact) mass is 462 g/mol. The van der Waals surface area contributed by atoms with Crippen molar-refractivity contribution in [3.05, 3.63) is 42.2 Å². The highest BCUT2D eigenvalue weighted by molar-refractivity contribution is 5.84. The second kappa shape index (κ2) is 11.1. The number of hydrogen-bond acceptors (Lipinski definition) is 7. The third-order valence-electron chi connectivity index (χ3n) is 7.27. The molecule has 8 heteroatoms. The largest absolute Gasteiger partial charge is 0.367 e. The molecule has 34 heavy (non-hydrogen) atoms. The number of aromatic nitrogens is 4. The zero-order valence-electron chi connectivity index (χ0n) is 20.0. The minimum atomic E-state index is 0.330. The van der Waals surface area contributed by atoms with Gasteiger partial charge in [0.05, 0.1) is 6.33 Å². The van der Waals surface area contributed by atoms with Gasteiger partial charge in [-0.3, -0.25) is 0 Å². The van der Waals surface area contributed by atoms with Gasteiger partial charge in [-0.25, -0.2) is 4.98 Å². The number of benzene rings is 1. The number of rotatable bonds is 10. The summed E-state index contributed by atoms with van der Waals surface area (Å²) in [4.78, 5) is 14.5. The van der Waals surface area contributed by atoms with Crippen LogP contribution in [0.25, 0.3) is 11.2 Å².